The smallest absolute Gasteiger partial charge is 0.263 e. The van der Waals surface area contributed by atoms with Crippen molar-refractivity contribution in [3.05, 3.63) is 34.9 Å². The van der Waals surface area contributed by atoms with Crippen LogP contribution in [-0.4, -0.2) is 60.6 Å². The minimum Gasteiger partial charge on any atom is -0.263 e. The largest absolute Gasteiger partial charge is 0.282 e. The van der Waals surface area contributed by atoms with Crippen LogP contribution in [-0.2, 0) is 0 Å². The van der Waals surface area contributed by atoms with Crippen molar-refractivity contribution in [3.8, 4) is 0 Å². The summed E-state index contributed by atoms with van der Waals surface area (Å²) in [5, 5.41) is 39.7. The van der Waals surface area contributed by atoms with Gasteiger partial charge >= 0.3 is 0 Å². The van der Waals surface area contributed by atoms with Crippen molar-refractivity contribution >= 4 is 23.8 Å². The predicted molar refractivity (Wildman–Crippen MR) is 104 cm³/mol. The summed E-state index contributed by atoms with van der Waals surface area (Å²) < 4.78 is 0. The van der Waals surface area contributed by atoms with Gasteiger partial charge in [-0.15, -0.1) is 40.8 Å². The lowest BCUT2D eigenvalue weighted by molar-refractivity contribution is 0.727. The van der Waals surface area contributed by atoms with E-state index in [2.05, 4.69) is 72.7 Å². The van der Waals surface area contributed by atoms with Gasteiger partial charge in [0.1, 0.15) is 0 Å². The number of nitrogens with zero attached hydrogens (tertiary/aromatic N) is 12. The summed E-state index contributed by atoms with van der Waals surface area (Å²) in [6.45, 7) is 7.56. The minimum atomic E-state index is 0.0994. The third-order valence-corrected chi connectivity index (χ3v) is 3.67. The Labute approximate surface area is 169 Å². The van der Waals surface area contributed by atoms with Gasteiger partial charge in [-0.2, -0.15) is 19.8 Å². The number of hydrogen-bond donors (Lipinski definition) is 4. The summed E-state index contributed by atoms with van der Waals surface area (Å²) in [6.07, 6.45) is 0. The first-order valence-corrected chi connectivity index (χ1v) is 8.74. The maximum absolute atomic E-state index is 4.24. The molecule has 30 heavy (non-hydrogen) atoms. The van der Waals surface area contributed by atoms with Crippen LogP contribution in [0.25, 0.3) is 0 Å². The number of nitrogens with one attached hydrogen (secondary N) is 4. The minimum absolute atomic E-state index is 0.0994. The first kappa shape index (κ1) is 18.8. The monoisotopic (exact) mass is 410 g/mol. The number of hydrogen-bond acceptors (Lipinski definition) is 14. The molecule has 4 aromatic heterocycles. The molecule has 16 nitrogen and oxygen atoms in total. The second-order valence-electron chi connectivity index (χ2n) is 6.25. The van der Waals surface area contributed by atoms with Crippen LogP contribution in [0.5, 0.6) is 0 Å². The molecule has 0 aromatic carbocycles. The Hall–Kier alpha value is -4.50. The van der Waals surface area contributed by atoms with Gasteiger partial charge in [0.15, 0.2) is 0 Å². The van der Waals surface area contributed by atoms with Crippen molar-refractivity contribution in [2.45, 2.75) is 27.7 Å². The Balaban J connectivity index is 1.32. The molecule has 0 fully saturated rings. The highest BCUT2D eigenvalue weighted by atomic mass is 15.6. The molecule has 4 rings (SSSR count). The summed E-state index contributed by atoms with van der Waals surface area (Å²) in [6, 6.07) is 3.82. The summed E-state index contributed by atoms with van der Waals surface area (Å²) in [5.74, 6) is 0.571. The van der Waals surface area contributed by atoms with Gasteiger partial charge in [0.25, 0.3) is 23.8 Å². The van der Waals surface area contributed by atoms with E-state index in [0.29, 0.717) is 0 Å². The number of rotatable bonds is 7. The van der Waals surface area contributed by atoms with E-state index >= 15 is 0 Å². The highest BCUT2D eigenvalue weighted by Crippen LogP contribution is 2.05. The summed E-state index contributed by atoms with van der Waals surface area (Å²) >= 11 is 0. The summed E-state index contributed by atoms with van der Waals surface area (Å²) in [4.78, 5) is 3.07. The van der Waals surface area contributed by atoms with E-state index in [1.54, 1.807) is 0 Å². The third kappa shape index (κ3) is 4.32. The van der Waals surface area contributed by atoms with Crippen LogP contribution < -0.4 is 21.7 Å². The number of hydrazine groups is 1. The Morgan fingerprint density at radius 1 is 0.533 bits per heavy atom. The second-order valence-corrected chi connectivity index (χ2v) is 6.25. The summed E-state index contributed by atoms with van der Waals surface area (Å²) in [7, 11) is 0. The normalized spacial score (nSPS) is 10.7. The van der Waals surface area contributed by atoms with Crippen molar-refractivity contribution in [3.63, 3.8) is 0 Å². The average Bonchev–Trinajstić information content (AvgIpc) is 3.21. The van der Waals surface area contributed by atoms with Gasteiger partial charge in [0, 0.05) is 0 Å². The molecule has 0 aliphatic carbocycles. The van der Waals surface area contributed by atoms with Crippen LogP contribution in [0.4, 0.5) is 23.8 Å². The van der Waals surface area contributed by atoms with E-state index in [0.717, 1.165) is 22.8 Å². The first-order valence-electron chi connectivity index (χ1n) is 8.74. The molecule has 0 radical (unpaired) electrons. The fourth-order valence-corrected chi connectivity index (χ4v) is 2.43. The van der Waals surface area contributed by atoms with Gasteiger partial charge in [0.05, 0.1) is 22.8 Å². The van der Waals surface area contributed by atoms with Gasteiger partial charge in [-0.1, -0.05) is 0 Å². The van der Waals surface area contributed by atoms with Crippen molar-refractivity contribution in [2.75, 3.05) is 21.7 Å². The summed E-state index contributed by atoms with van der Waals surface area (Å²) in [5.41, 5.74) is 14.6. The molecule has 0 atom stereocenters. The Morgan fingerprint density at radius 2 is 0.867 bits per heavy atom. The standard InChI is InChI=1S/C14H18N16/c1-7-5-9(3)29(25-7)27-13-21-17-11(18-22-13)15-16-12-19-23-14(24-20-12)28-30-10(4)6-8(2)26-30/h5-6H,1-4H3,(H,15,17,18)(H,16,19,20)(H,21,22,27)(H,23,24,28). The van der Waals surface area contributed by atoms with Crippen LogP contribution in [0.2, 0.25) is 0 Å². The van der Waals surface area contributed by atoms with Crippen LogP contribution in [0.3, 0.4) is 0 Å². The molecule has 0 aliphatic rings. The molecule has 0 saturated heterocycles. The van der Waals surface area contributed by atoms with Crippen LogP contribution in [0, 0.1) is 27.7 Å². The SMILES string of the molecule is Cc1cc(C)n(Nc2nnc(NNc3nnc(Nn4nc(C)cc4C)nn3)nn2)n1. The molecule has 0 aliphatic heterocycles. The molecule has 4 N–H and O–H groups in total. The van der Waals surface area contributed by atoms with Crippen LogP contribution in [0.15, 0.2) is 12.1 Å². The zero-order valence-electron chi connectivity index (χ0n) is 16.5. The number of aromatic nitrogens is 12. The highest BCUT2D eigenvalue weighted by Gasteiger charge is 2.07. The fraction of sp³-hybridized carbons (Fsp3) is 0.286. The van der Waals surface area contributed by atoms with Crippen molar-refractivity contribution in [2.24, 2.45) is 0 Å². The Bertz CT molecular complexity index is 1040. The van der Waals surface area contributed by atoms with E-state index in [-0.39, 0.29) is 23.8 Å². The van der Waals surface area contributed by atoms with Crippen molar-refractivity contribution in [1.82, 2.24) is 60.6 Å². The number of aryl methyl sites for hydroxylation is 4. The Morgan fingerprint density at radius 3 is 1.17 bits per heavy atom. The molecular formula is C14H18N16. The molecule has 0 amide bonds. The zero-order chi connectivity index (χ0) is 21.1. The fourth-order valence-electron chi connectivity index (χ4n) is 2.43. The maximum Gasteiger partial charge on any atom is 0.282 e. The van der Waals surface area contributed by atoms with E-state index in [1.165, 1.54) is 9.58 Å². The predicted octanol–water partition coefficient (Wildman–Crippen LogP) is -0.337. The van der Waals surface area contributed by atoms with E-state index in [4.69, 9.17) is 0 Å². The van der Waals surface area contributed by atoms with E-state index < -0.39 is 0 Å². The van der Waals surface area contributed by atoms with E-state index in [9.17, 15) is 0 Å². The number of anilines is 4. The lowest BCUT2D eigenvalue weighted by Crippen LogP contribution is -2.20. The van der Waals surface area contributed by atoms with Gasteiger partial charge in [-0.3, -0.25) is 10.9 Å². The van der Waals surface area contributed by atoms with Crippen LogP contribution >= 0.6 is 0 Å². The molecule has 0 saturated carbocycles. The molecule has 4 aromatic rings. The molecule has 0 bridgehead atoms. The first-order chi connectivity index (χ1) is 14.5. The lowest BCUT2D eigenvalue weighted by atomic mass is 10.4. The van der Waals surface area contributed by atoms with Gasteiger partial charge in [-0.25, -0.2) is 10.9 Å². The molecule has 16 heteroatoms. The highest BCUT2D eigenvalue weighted by molar-refractivity contribution is 5.34. The van der Waals surface area contributed by atoms with Crippen molar-refractivity contribution in [1.29, 1.82) is 0 Å². The molecular weight excluding hydrogens is 392 g/mol. The average molecular weight is 410 g/mol. The topological polar surface area (TPSA) is 187 Å². The maximum atomic E-state index is 4.24. The quantitative estimate of drug-likeness (QED) is 0.290. The molecule has 0 unspecified atom stereocenters. The molecule has 0 spiro atoms. The molecule has 154 valence electrons. The van der Waals surface area contributed by atoms with Crippen molar-refractivity contribution < 1.29 is 0 Å². The van der Waals surface area contributed by atoms with Gasteiger partial charge in [0.2, 0.25) is 0 Å². The van der Waals surface area contributed by atoms with Gasteiger partial charge in [-0.05, 0) is 39.8 Å². The molecule has 4 heterocycles. The third-order valence-electron chi connectivity index (χ3n) is 3.67. The second kappa shape index (κ2) is 7.86. The Kier molecular flexibility index (Phi) is 4.93. The van der Waals surface area contributed by atoms with E-state index in [1.807, 2.05) is 39.8 Å². The van der Waals surface area contributed by atoms with Gasteiger partial charge < -0.3 is 0 Å². The zero-order valence-corrected chi connectivity index (χ0v) is 16.5. The van der Waals surface area contributed by atoms with Crippen LogP contribution in [0.1, 0.15) is 22.8 Å². The lowest BCUT2D eigenvalue weighted by Gasteiger charge is -2.07.